The SMILES string of the molecule is COC(=O)CCN1C(=S)N[C@H](c2ccccn2)[C@@H]1c1cc(C)n(-c2ccc(C)cn2)c1C. The number of nitrogens with one attached hydrogen (secondary N) is 1. The number of aryl methyl sites for hydroxylation is 2. The summed E-state index contributed by atoms with van der Waals surface area (Å²) in [6, 6.07) is 11.9. The molecule has 0 aromatic carbocycles. The average Bonchev–Trinajstić information content (AvgIpc) is 3.28. The van der Waals surface area contributed by atoms with Crippen molar-refractivity contribution in [1.82, 2.24) is 24.8 Å². The molecule has 1 saturated heterocycles. The Morgan fingerprint density at radius 1 is 1.19 bits per heavy atom. The number of thiocarbonyl (C=S) groups is 1. The standard InChI is InChI=1S/C24H27N5O2S/c1-15-8-9-20(26-14-15)29-16(2)13-18(17(29)3)23-22(19-7-5-6-11-25-19)27-24(32)28(23)12-10-21(30)31-4/h5-9,11,13-14,22-23H,10,12H2,1-4H3,(H,27,32)/t22-,23+/m1/s1. The molecule has 3 aromatic rings. The zero-order valence-electron chi connectivity index (χ0n) is 18.7. The van der Waals surface area contributed by atoms with Crippen LogP contribution >= 0.6 is 12.2 Å². The molecule has 0 spiro atoms. The van der Waals surface area contributed by atoms with Gasteiger partial charge in [0.05, 0.1) is 31.3 Å². The third-order valence-corrected chi connectivity index (χ3v) is 6.25. The fourth-order valence-corrected chi connectivity index (χ4v) is 4.66. The predicted molar refractivity (Wildman–Crippen MR) is 127 cm³/mol. The Morgan fingerprint density at radius 3 is 2.66 bits per heavy atom. The van der Waals surface area contributed by atoms with Crippen molar-refractivity contribution in [2.45, 2.75) is 39.3 Å². The number of hydrogen-bond acceptors (Lipinski definition) is 5. The molecule has 32 heavy (non-hydrogen) atoms. The Kier molecular flexibility index (Phi) is 6.23. The molecular formula is C24H27N5O2S. The van der Waals surface area contributed by atoms with Gasteiger partial charge in [-0.2, -0.15) is 0 Å². The Morgan fingerprint density at radius 2 is 2.00 bits per heavy atom. The van der Waals surface area contributed by atoms with Crippen LogP contribution in [-0.4, -0.2) is 44.2 Å². The van der Waals surface area contributed by atoms with Crippen LogP contribution in [0, 0.1) is 20.8 Å². The van der Waals surface area contributed by atoms with E-state index in [1.165, 1.54) is 7.11 Å². The number of esters is 1. The molecular weight excluding hydrogens is 422 g/mol. The number of carbonyl (C=O) groups is 1. The molecule has 0 bridgehead atoms. The summed E-state index contributed by atoms with van der Waals surface area (Å²) in [4.78, 5) is 23.2. The number of methoxy groups -OCH3 is 1. The minimum atomic E-state index is -0.262. The van der Waals surface area contributed by atoms with Crippen molar-refractivity contribution in [2.75, 3.05) is 13.7 Å². The lowest BCUT2D eigenvalue weighted by Gasteiger charge is -2.27. The van der Waals surface area contributed by atoms with Gasteiger partial charge in [-0.05, 0) is 68.4 Å². The maximum absolute atomic E-state index is 11.9. The molecule has 0 saturated carbocycles. The molecule has 8 heteroatoms. The minimum absolute atomic E-state index is 0.118. The lowest BCUT2D eigenvalue weighted by molar-refractivity contribution is -0.140. The first kappa shape index (κ1) is 22.0. The fraction of sp³-hybridized carbons (Fsp3) is 0.333. The van der Waals surface area contributed by atoms with Gasteiger partial charge in [0.1, 0.15) is 5.82 Å². The van der Waals surface area contributed by atoms with Gasteiger partial charge in [0.25, 0.3) is 0 Å². The molecule has 0 aliphatic carbocycles. The van der Waals surface area contributed by atoms with Crippen molar-refractivity contribution in [3.8, 4) is 5.82 Å². The Bertz CT molecular complexity index is 1130. The maximum Gasteiger partial charge on any atom is 0.307 e. The summed E-state index contributed by atoms with van der Waals surface area (Å²) >= 11 is 5.69. The average molecular weight is 450 g/mol. The zero-order valence-corrected chi connectivity index (χ0v) is 19.5. The van der Waals surface area contributed by atoms with E-state index >= 15 is 0 Å². The number of ether oxygens (including phenoxy) is 1. The van der Waals surface area contributed by atoms with E-state index in [9.17, 15) is 4.79 Å². The highest BCUT2D eigenvalue weighted by molar-refractivity contribution is 7.80. The quantitative estimate of drug-likeness (QED) is 0.454. The van der Waals surface area contributed by atoms with Crippen LogP contribution in [0.3, 0.4) is 0 Å². The Hall–Kier alpha value is -3.26. The van der Waals surface area contributed by atoms with Gasteiger partial charge in [0.2, 0.25) is 0 Å². The molecule has 3 aromatic heterocycles. The highest BCUT2D eigenvalue weighted by atomic mass is 32.1. The molecule has 0 radical (unpaired) electrons. The van der Waals surface area contributed by atoms with Gasteiger partial charge >= 0.3 is 5.97 Å². The number of carbonyl (C=O) groups excluding carboxylic acids is 1. The first-order valence-corrected chi connectivity index (χ1v) is 11.0. The number of rotatable bonds is 6. The van der Waals surface area contributed by atoms with Crippen LogP contribution in [0.25, 0.3) is 5.82 Å². The van der Waals surface area contributed by atoms with Crippen LogP contribution in [0.1, 0.15) is 46.7 Å². The van der Waals surface area contributed by atoms with Crippen molar-refractivity contribution < 1.29 is 9.53 Å². The first-order chi connectivity index (χ1) is 15.4. The summed E-state index contributed by atoms with van der Waals surface area (Å²) in [5.74, 6) is 0.614. The highest BCUT2D eigenvalue weighted by Crippen LogP contribution is 2.41. The van der Waals surface area contributed by atoms with Crippen LogP contribution in [0.2, 0.25) is 0 Å². The fourth-order valence-electron chi connectivity index (χ4n) is 4.33. The summed E-state index contributed by atoms with van der Waals surface area (Å²) in [7, 11) is 1.40. The minimum Gasteiger partial charge on any atom is -0.469 e. The normalized spacial score (nSPS) is 18.0. The second-order valence-electron chi connectivity index (χ2n) is 8.00. The van der Waals surface area contributed by atoms with E-state index in [4.69, 9.17) is 17.0 Å². The van der Waals surface area contributed by atoms with Crippen LogP contribution in [0.5, 0.6) is 0 Å². The van der Waals surface area contributed by atoms with Gasteiger partial charge in [-0.15, -0.1) is 0 Å². The molecule has 1 aliphatic rings. The monoisotopic (exact) mass is 449 g/mol. The summed E-state index contributed by atoms with van der Waals surface area (Å²) in [5, 5.41) is 4.04. The van der Waals surface area contributed by atoms with E-state index in [-0.39, 0.29) is 24.5 Å². The number of nitrogens with zero attached hydrogens (tertiary/aromatic N) is 4. The second-order valence-corrected chi connectivity index (χ2v) is 8.39. The van der Waals surface area contributed by atoms with Gasteiger partial charge in [-0.1, -0.05) is 12.1 Å². The summed E-state index contributed by atoms with van der Waals surface area (Å²) < 4.78 is 7.01. The maximum atomic E-state index is 11.9. The van der Waals surface area contributed by atoms with E-state index in [0.29, 0.717) is 11.7 Å². The predicted octanol–water partition coefficient (Wildman–Crippen LogP) is 3.73. The first-order valence-electron chi connectivity index (χ1n) is 10.6. The number of hydrogen-bond donors (Lipinski definition) is 1. The van der Waals surface area contributed by atoms with E-state index in [0.717, 1.165) is 34.0 Å². The third kappa shape index (κ3) is 4.10. The van der Waals surface area contributed by atoms with Crippen molar-refractivity contribution in [2.24, 2.45) is 0 Å². The molecule has 0 unspecified atom stereocenters. The van der Waals surface area contributed by atoms with E-state index < -0.39 is 0 Å². The lowest BCUT2D eigenvalue weighted by atomic mass is 9.96. The summed E-state index contributed by atoms with van der Waals surface area (Å²) in [6.45, 7) is 6.66. The molecule has 7 nitrogen and oxygen atoms in total. The molecule has 1 aliphatic heterocycles. The van der Waals surface area contributed by atoms with Gasteiger partial charge in [-0.3, -0.25) is 9.78 Å². The zero-order chi connectivity index (χ0) is 22.8. The van der Waals surface area contributed by atoms with Gasteiger partial charge < -0.3 is 19.5 Å². The number of aromatic nitrogens is 3. The van der Waals surface area contributed by atoms with Crippen molar-refractivity contribution in [3.05, 3.63) is 77.0 Å². The summed E-state index contributed by atoms with van der Waals surface area (Å²) in [5.41, 5.74) is 5.31. The van der Waals surface area contributed by atoms with E-state index in [1.807, 2.05) is 37.4 Å². The lowest BCUT2D eigenvalue weighted by Crippen LogP contribution is -2.32. The van der Waals surface area contributed by atoms with Crippen molar-refractivity contribution in [3.63, 3.8) is 0 Å². The van der Waals surface area contributed by atoms with Gasteiger partial charge in [0.15, 0.2) is 5.11 Å². The van der Waals surface area contributed by atoms with Gasteiger partial charge in [-0.25, -0.2) is 4.98 Å². The van der Waals surface area contributed by atoms with E-state index in [1.54, 1.807) is 6.20 Å². The Balaban J connectivity index is 1.78. The van der Waals surface area contributed by atoms with Crippen LogP contribution in [0.15, 0.2) is 48.8 Å². The van der Waals surface area contributed by atoms with Crippen LogP contribution < -0.4 is 5.32 Å². The third-order valence-electron chi connectivity index (χ3n) is 5.90. The molecule has 4 rings (SSSR count). The van der Waals surface area contributed by atoms with E-state index in [2.05, 4.69) is 50.7 Å². The number of pyridine rings is 2. The van der Waals surface area contributed by atoms with Crippen LogP contribution in [0.4, 0.5) is 0 Å². The highest BCUT2D eigenvalue weighted by Gasteiger charge is 2.41. The largest absolute Gasteiger partial charge is 0.469 e. The molecule has 4 heterocycles. The molecule has 2 atom stereocenters. The second kappa shape index (κ2) is 9.08. The van der Waals surface area contributed by atoms with Crippen molar-refractivity contribution >= 4 is 23.3 Å². The topological polar surface area (TPSA) is 72.3 Å². The smallest absolute Gasteiger partial charge is 0.307 e. The van der Waals surface area contributed by atoms with Crippen molar-refractivity contribution in [1.29, 1.82) is 0 Å². The molecule has 0 amide bonds. The van der Waals surface area contributed by atoms with Crippen LogP contribution in [-0.2, 0) is 9.53 Å². The summed E-state index contributed by atoms with van der Waals surface area (Å²) in [6.07, 6.45) is 3.91. The van der Waals surface area contributed by atoms with Gasteiger partial charge in [0, 0.05) is 30.3 Å². The molecule has 1 fully saturated rings. The Labute approximate surface area is 193 Å². The molecule has 1 N–H and O–H groups in total. The molecule has 166 valence electrons.